The van der Waals surface area contributed by atoms with Gasteiger partial charge in [-0.25, -0.2) is 4.98 Å². The van der Waals surface area contributed by atoms with Crippen molar-refractivity contribution in [2.75, 3.05) is 0 Å². The van der Waals surface area contributed by atoms with Gasteiger partial charge in [-0.1, -0.05) is 0 Å². The molecule has 0 bridgehead atoms. The zero-order valence-corrected chi connectivity index (χ0v) is 9.80. The second kappa shape index (κ2) is 3.85. The average Bonchev–Trinajstić information content (AvgIpc) is 2.44. The van der Waals surface area contributed by atoms with Crippen LogP contribution < -0.4 is 0 Å². The number of halogens is 1. The molecule has 1 aromatic heterocycles. The second-order valence-corrected chi connectivity index (χ2v) is 4.50. The molecule has 0 N–H and O–H groups in total. The SMILES string of the molecule is CC(=O)Cc1nc2n(c1Br)CCCC2. The van der Waals surface area contributed by atoms with Crippen LogP contribution in [0.3, 0.4) is 0 Å². The predicted octanol–water partition coefficient (Wildman–Crippen LogP) is 2.11. The van der Waals surface area contributed by atoms with Crippen molar-refractivity contribution < 1.29 is 4.79 Å². The molecule has 2 rings (SSSR count). The summed E-state index contributed by atoms with van der Waals surface area (Å²) in [5, 5.41) is 0. The van der Waals surface area contributed by atoms with E-state index in [1.54, 1.807) is 6.92 Å². The summed E-state index contributed by atoms with van der Waals surface area (Å²) in [6.45, 7) is 2.63. The Hall–Kier alpha value is -0.640. The van der Waals surface area contributed by atoms with Gasteiger partial charge in [0, 0.05) is 13.0 Å². The first-order valence-electron chi connectivity index (χ1n) is 4.91. The third kappa shape index (κ3) is 1.75. The number of Topliss-reactive ketones (excluding diaryl/α,β-unsaturated/α-hetero) is 1. The van der Waals surface area contributed by atoms with Crippen molar-refractivity contribution in [3.05, 3.63) is 16.1 Å². The Morgan fingerprint density at radius 3 is 3.00 bits per heavy atom. The first-order valence-corrected chi connectivity index (χ1v) is 5.71. The van der Waals surface area contributed by atoms with Crippen LogP contribution in [0.15, 0.2) is 4.60 Å². The Labute approximate surface area is 91.6 Å². The van der Waals surface area contributed by atoms with Gasteiger partial charge in [-0.05, 0) is 35.7 Å². The third-order valence-electron chi connectivity index (χ3n) is 2.50. The van der Waals surface area contributed by atoms with Gasteiger partial charge in [0.2, 0.25) is 0 Å². The van der Waals surface area contributed by atoms with Gasteiger partial charge in [-0.2, -0.15) is 0 Å². The van der Waals surface area contributed by atoms with Crippen molar-refractivity contribution in [2.45, 2.75) is 39.2 Å². The summed E-state index contributed by atoms with van der Waals surface area (Å²) < 4.78 is 3.18. The van der Waals surface area contributed by atoms with Crippen LogP contribution >= 0.6 is 15.9 Å². The molecule has 0 saturated heterocycles. The molecule has 0 aliphatic carbocycles. The van der Waals surface area contributed by atoms with E-state index in [0.717, 1.165) is 29.1 Å². The Balaban J connectivity index is 2.33. The molecule has 1 aliphatic heterocycles. The number of nitrogens with zero attached hydrogens (tertiary/aromatic N) is 2. The molecule has 0 atom stereocenters. The summed E-state index contributed by atoms with van der Waals surface area (Å²) in [4.78, 5) is 15.5. The largest absolute Gasteiger partial charge is 0.323 e. The zero-order chi connectivity index (χ0) is 10.1. The summed E-state index contributed by atoms with van der Waals surface area (Å²) in [6.07, 6.45) is 3.90. The molecular formula is C10H13BrN2O. The molecule has 0 amide bonds. The van der Waals surface area contributed by atoms with Crippen LogP contribution in [0.25, 0.3) is 0 Å². The van der Waals surface area contributed by atoms with E-state index >= 15 is 0 Å². The van der Waals surface area contributed by atoms with Gasteiger partial charge in [0.25, 0.3) is 0 Å². The van der Waals surface area contributed by atoms with Crippen LogP contribution in [0.2, 0.25) is 0 Å². The van der Waals surface area contributed by atoms with Crippen molar-refractivity contribution >= 4 is 21.7 Å². The lowest BCUT2D eigenvalue weighted by molar-refractivity contribution is -0.116. The molecule has 76 valence electrons. The highest BCUT2D eigenvalue weighted by atomic mass is 79.9. The Bertz CT molecular complexity index is 370. The number of fused-ring (bicyclic) bond motifs is 1. The maximum atomic E-state index is 11.0. The van der Waals surface area contributed by atoms with Gasteiger partial charge in [0.1, 0.15) is 16.2 Å². The quantitative estimate of drug-likeness (QED) is 0.813. The molecule has 0 unspecified atom stereocenters. The maximum absolute atomic E-state index is 11.0. The Morgan fingerprint density at radius 2 is 2.36 bits per heavy atom. The monoisotopic (exact) mass is 256 g/mol. The lowest BCUT2D eigenvalue weighted by atomic mass is 10.2. The van der Waals surface area contributed by atoms with Crippen LogP contribution in [0, 0.1) is 0 Å². The molecule has 0 aromatic carbocycles. The van der Waals surface area contributed by atoms with Gasteiger partial charge in [-0.15, -0.1) is 0 Å². The number of carbonyl (C=O) groups excluding carboxylic acids is 1. The van der Waals surface area contributed by atoms with Crippen molar-refractivity contribution in [2.24, 2.45) is 0 Å². The molecule has 0 radical (unpaired) electrons. The minimum Gasteiger partial charge on any atom is -0.323 e. The van der Waals surface area contributed by atoms with E-state index in [4.69, 9.17) is 0 Å². The van der Waals surface area contributed by atoms with Gasteiger partial charge in [-0.3, -0.25) is 4.79 Å². The fourth-order valence-corrected chi connectivity index (χ4v) is 2.46. The van der Waals surface area contributed by atoms with E-state index in [1.807, 2.05) is 0 Å². The lowest BCUT2D eigenvalue weighted by Crippen LogP contribution is -2.10. The number of rotatable bonds is 2. The van der Waals surface area contributed by atoms with Crippen molar-refractivity contribution in [1.29, 1.82) is 0 Å². The van der Waals surface area contributed by atoms with Gasteiger partial charge >= 0.3 is 0 Å². The summed E-state index contributed by atoms with van der Waals surface area (Å²) >= 11 is 3.51. The van der Waals surface area contributed by atoms with E-state index in [2.05, 4.69) is 25.5 Å². The van der Waals surface area contributed by atoms with E-state index in [-0.39, 0.29) is 5.78 Å². The first kappa shape index (κ1) is 9.90. The van der Waals surface area contributed by atoms with Crippen LogP contribution in [0.5, 0.6) is 0 Å². The highest BCUT2D eigenvalue weighted by molar-refractivity contribution is 9.10. The average molecular weight is 257 g/mol. The molecule has 1 aliphatic rings. The molecule has 0 spiro atoms. The summed E-state index contributed by atoms with van der Waals surface area (Å²) in [6, 6.07) is 0. The minimum absolute atomic E-state index is 0.168. The second-order valence-electron chi connectivity index (χ2n) is 3.75. The first-order chi connectivity index (χ1) is 6.68. The highest BCUT2D eigenvalue weighted by Gasteiger charge is 2.18. The standard InChI is InChI=1S/C10H13BrN2O/c1-7(14)6-8-10(11)13-5-3-2-4-9(13)12-8/h2-6H2,1H3. The molecule has 1 aromatic rings. The topological polar surface area (TPSA) is 34.9 Å². The molecule has 3 nitrogen and oxygen atoms in total. The minimum atomic E-state index is 0.168. The molecule has 0 fully saturated rings. The Kier molecular flexibility index (Phi) is 2.72. The van der Waals surface area contributed by atoms with Crippen LogP contribution in [-0.2, 0) is 24.2 Å². The molecule has 2 heterocycles. The summed E-state index contributed by atoms with van der Waals surface area (Å²) in [5.74, 6) is 1.29. The van der Waals surface area contributed by atoms with Crippen LogP contribution in [0.1, 0.15) is 31.3 Å². The molecule has 0 saturated carbocycles. The predicted molar refractivity (Wildman–Crippen MR) is 57.3 cm³/mol. The van der Waals surface area contributed by atoms with Gasteiger partial charge < -0.3 is 4.57 Å². The number of ketones is 1. The number of imidazole rings is 1. The number of hydrogen-bond donors (Lipinski definition) is 0. The van der Waals surface area contributed by atoms with E-state index in [1.165, 1.54) is 12.8 Å². The van der Waals surface area contributed by atoms with Crippen molar-refractivity contribution in [1.82, 2.24) is 9.55 Å². The van der Waals surface area contributed by atoms with E-state index < -0.39 is 0 Å². The smallest absolute Gasteiger partial charge is 0.135 e. The number of hydrogen-bond acceptors (Lipinski definition) is 2. The molecule has 14 heavy (non-hydrogen) atoms. The third-order valence-corrected chi connectivity index (χ3v) is 3.38. The number of carbonyl (C=O) groups is 1. The fourth-order valence-electron chi connectivity index (χ4n) is 1.85. The van der Waals surface area contributed by atoms with E-state index in [9.17, 15) is 4.79 Å². The maximum Gasteiger partial charge on any atom is 0.135 e. The van der Waals surface area contributed by atoms with Gasteiger partial charge in [0.05, 0.1) is 12.1 Å². The van der Waals surface area contributed by atoms with Crippen LogP contribution in [-0.4, -0.2) is 15.3 Å². The van der Waals surface area contributed by atoms with Crippen molar-refractivity contribution in [3.63, 3.8) is 0 Å². The summed E-state index contributed by atoms with van der Waals surface area (Å²) in [5.41, 5.74) is 0.898. The number of aromatic nitrogens is 2. The molecule has 4 heteroatoms. The highest BCUT2D eigenvalue weighted by Crippen LogP contribution is 2.24. The summed E-state index contributed by atoms with van der Waals surface area (Å²) in [7, 11) is 0. The van der Waals surface area contributed by atoms with Crippen LogP contribution in [0.4, 0.5) is 0 Å². The fraction of sp³-hybridized carbons (Fsp3) is 0.600. The number of aryl methyl sites for hydroxylation is 1. The van der Waals surface area contributed by atoms with Crippen molar-refractivity contribution in [3.8, 4) is 0 Å². The Morgan fingerprint density at radius 1 is 1.57 bits per heavy atom. The van der Waals surface area contributed by atoms with Gasteiger partial charge in [0.15, 0.2) is 0 Å². The lowest BCUT2D eigenvalue weighted by Gasteiger charge is -2.13. The van der Waals surface area contributed by atoms with E-state index in [0.29, 0.717) is 6.42 Å². The zero-order valence-electron chi connectivity index (χ0n) is 8.22. The normalized spacial score (nSPS) is 15.3. The molecular weight excluding hydrogens is 244 g/mol.